The number of hydrogen-bond donors (Lipinski definition) is 1. The maximum Gasteiger partial charge on any atom is 0.0879 e. The second-order valence-electron chi connectivity index (χ2n) is 4.38. The molecule has 2 heteroatoms. The van der Waals surface area contributed by atoms with Crippen LogP contribution in [-0.4, -0.2) is 5.11 Å². The van der Waals surface area contributed by atoms with E-state index in [1.165, 1.54) is 4.88 Å². The molecule has 0 fully saturated rings. The lowest BCUT2D eigenvalue weighted by atomic mass is 9.95. The van der Waals surface area contributed by atoms with E-state index >= 15 is 0 Å². The largest absolute Gasteiger partial charge is 0.388 e. The number of aliphatic hydroxyl groups excluding tert-OH is 1. The minimum Gasteiger partial charge on any atom is -0.388 e. The van der Waals surface area contributed by atoms with Gasteiger partial charge in [0.05, 0.1) is 6.10 Å². The topological polar surface area (TPSA) is 20.2 Å². The molecule has 74 valence electrons. The molecule has 1 heterocycles. The monoisotopic (exact) mass is 198 g/mol. The van der Waals surface area contributed by atoms with Crippen LogP contribution in [0.1, 0.15) is 50.0 Å². The molecule has 0 spiro atoms. The fourth-order valence-electron chi connectivity index (χ4n) is 1.14. The third-order valence-electron chi connectivity index (χ3n) is 2.08. The summed E-state index contributed by atoms with van der Waals surface area (Å²) in [6.07, 6.45) is 0.519. The van der Waals surface area contributed by atoms with E-state index in [-0.39, 0.29) is 11.5 Å². The molecule has 0 radical (unpaired) electrons. The fraction of sp³-hybridized carbons (Fsp3) is 0.636. The Labute approximate surface area is 84.4 Å². The van der Waals surface area contributed by atoms with Gasteiger partial charge in [-0.15, -0.1) is 11.3 Å². The van der Waals surface area contributed by atoms with Crippen LogP contribution in [0.25, 0.3) is 0 Å². The van der Waals surface area contributed by atoms with Gasteiger partial charge < -0.3 is 5.11 Å². The highest BCUT2D eigenvalue weighted by atomic mass is 32.1. The Hall–Kier alpha value is -0.340. The Bertz CT molecular complexity index is 270. The van der Waals surface area contributed by atoms with E-state index in [0.717, 1.165) is 11.3 Å². The summed E-state index contributed by atoms with van der Waals surface area (Å²) in [6, 6.07) is 4.16. The molecule has 0 aromatic carbocycles. The van der Waals surface area contributed by atoms with E-state index in [9.17, 15) is 5.11 Å². The van der Waals surface area contributed by atoms with Crippen LogP contribution in [0, 0.1) is 0 Å². The lowest BCUT2D eigenvalue weighted by molar-refractivity contribution is 0.177. The van der Waals surface area contributed by atoms with Gasteiger partial charge in [-0.1, -0.05) is 27.7 Å². The lowest BCUT2D eigenvalue weighted by Crippen LogP contribution is -2.07. The Morgan fingerprint density at radius 1 is 1.38 bits per heavy atom. The highest BCUT2D eigenvalue weighted by Gasteiger charge is 2.17. The van der Waals surface area contributed by atoms with Crippen molar-refractivity contribution < 1.29 is 5.11 Å². The van der Waals surface area contributed by atoms with Gasteiger partial charge in [0.25, 0.3) is 0 Å². The summed E-state index contributed by atoms with van der Waals surface area (Å²) in [5.74, 6) is 0. The molecule has 0 amide bonds. The van der Waals surface area contributed by atoms with Gasteiger partial charge in [0.1, 0.15) is 0 Å². The number of rotatable bonds is 2. The third kappa shape index (κ3) is 2.55. The van der Waals surface area contributed by atoms with Crippen LogP contribution in [0.5, 0.6) is 0 Å². The standard InChI is InChI=1S/C11H18OS/c1-5-8(12)9-6-7-10(13-9)11(2,3)4/h6-8,12H,5H2,1-4H3/t8-/m0/s1. The Balaban J connectivity index is 2.87. The Morgan fingerprint density at radius 2 is 2.00 bits per heavy atom. The van der Waals surface area contributed by atoms with Crippen LogP contribution < -0.4 is 0 Å². The van der Waals surface area contributed by atoms with Crippen molar-refractivity contribution in [2.24, 2.45) is 0 Å². The van der Waals surface area contributed by atoms with Crippen molar-refractivity contribution in [1.29, 1.82) is 0 Å². The maximum absolute atomic E-state index is 9.62. The number of aliphatic hydroxyl groups is 1. The van der Waals surface area contributed by atoms with Gasteiger partial charge in [-0.05, 0) is 24.0 Å². The molecule has 1 nitrogen and oxygen atoms in total. The number of thiophene rings is 1. The summed E-state index contributed by atoms with van der Waals surface area (Å²) >= 11 is 1.72. The second kappa shape index (κ2) is 3.81. The molecule has 1 rings (SSSR count). The summed E-state index contributed by atoms with van der Waals surface area (Å²) in [7, 11) is 0. The van der Waals surface area contributed by atoms with E-state index in [1.807, 2.05) is 13.0 Å². The normalized spacial score (nSPS) is 14.5. The van der Waals surface area contributed by atoms with Crippen molar-refractivity contribution in [2.45, 2.75) is 45.6 Å². The van der Waals surface area contributed by atoms with E-state index in [4.69, 9.17) is 0 Å². The predicted molar refractivity (Wildman–Crippen MR) is 58.3 cm³/mol. The summed E-state index contributed by atoms with van der Waals surface area (Å²) in [5.41, 5.74) is 0.205. The Kier molecular flexibility index (Phi) is 3.14. The molecule has 0 bridgehead atoms. The summed E-state index contributed by atoms with van der Waals surface area (Å²) in [4.78, 5) is 2.43. The van der Waals surface area contributed by atoms with Gasteiger partial charge in [0.15, 0.2) is 0 Å². The zero-order valence-electron chi connectivity index (χ0n) is 8.79. The first-order valence-corrected chi connectivity index (χ1v) is 5.55. The van der Waals surface area contributed by atoms with E-state index < -0.39 is 0 Å². The van der Waals surface area contributed by atoms with Crippen LogP contribution in [0.4, 0.5) is 0 Å². The number of hydrogen-bond acceptors (Lipinski definition) is 2. The van der Waals surface area contributed by atoms with Crippen LogP contribution in [0.3, 0.4) is 0 Å². The van der Waals surface area contributed by atoms with Crippen molar-refractivity contribution in [3.8, 4) is 0 Å². The first-order chi connectivity index (χ1) is 5.95. The molecular weight excluding hydrogens is 180 g/mol. The van der Waals surface area contributed by atoms with E-state index in [2.05, 4.69) is 26.8 Å². The van der Waals surface area contributed by atoms with Gasteiger partial charge in [-0.2, -0.15) is 0 Å². The minimum absolute atomic E-state index is 0.205. The molecule has 0 saturated heterocycles. The van der Waals surface area contributed by atoms with E-state index in [1.54, 1.807) is 11.3 Å². The quantitative estimate of drug-likeness (QED) is 0.771. The zero-order valence-corrected chi connectivity index (χ0v) is 9.61. The zero-order chi connectivity index (χ0) is 10.1. The van der Waals surface area contributed by atoms with Crippen LogP contribution in [0.15, 0.2) is 12.1 Å². The van der Waals surface area contributed by atoms with Crippen LogP contribution in [0.2, 0.25) is 0 Å². The maximum atomic E-state index is 9.62. The van der Waals surface area contributed by atoms with E-state index in [0.29, 0.717) is 0 Å². The lowest BCUT2D eigenvalue weighted by Gasteiger charge is -2.15. The molecule has 0 saturated carbocycles. The van der Waals surface area contributed by atoms with Gasteiger partial charge in [-0.3, -0.25) is 0 Å². The average Bonchev–Trinajstić information content (AvgIpc) is 2.50. The molecular formula is C11H18OS. The van der Waals surface area contributed by atoms with Crippen LogP contribution in [-0.2, 0) is 5.41 Å². The SMILES string of the molecule is CC[C@H](O)c1ccc(C(C)(C)C)s1. The molecule has 0 aliphatic carbocycles. The fourth-order valence-corrected chi connectivity index (χ4v) is 2.27. The predicted octanol–water partition coefficient (Wildman–Crippen LogP) is 3.49. The average molecular weight is 198 g/mol. The molecule has 1 atom stereocenters. The molecule has 13 heavy (non-hydrogen) atoms. The molecule has 1 aromatic rings. The first-order valence-electron chi connectivity index (χ1n) is 4.73. The van der Waals surface area contributed by atoms with Crippen LogP contribution >= 0.6 is 11.3 Å². The highest BCUT2D eigenvalue weighted by Crippen LogP contribution is 2.32. The van der Waals surface area contributed by atoms with Crippen molar-refractivity contribution in [3.63, 3.8) is 0 Å². The summed E-state index contributed by atoms with van der Waals surface area (Å²) < 4.78 is 0. The van der Waals surface area contributed by atoms with Crippen molar-refractivity contribution in [3.05, 3.63) is 21.9 Å². The smallest absolute Gasteiger partial charge is 0.0879 e. The molecule has 1 aromatic heterocycles. The molecule has 0 aliphatic heterocycles. The van der Waals surface area contributed by atoms with Crippen molar-refractivity contribution >= 4 is 11.3 Å². The first kappa shape index (κ1) is 10.7. The van der Waals surface area contributed by atoms with Gasteiger partial charge in [0, 0.05) is 9.75 Å². The Morgan fingerprint density at radius 3 is 2.38 bits per heavy atom. The van der Waals surface area contributed by atoms with Crippen molar-refractivity contribution in [1.82, 2.24) is 0 Å². The van der Waals surface area contributed by atoms with Gasteiger partial charge >= 0.3 is 0 Å². The third-order valence-corrected chi connectivity index (χ3v) is 3.69. The van der Waals surface area contributed by atoms with Gasteiger partial charge in [-0.25, -0.2) is 0 Å². The molecule has 1 N–H and O–H groups in total. The molecule has 0 aliphatic rings. The second-order valence-corrected chi connectivity index (χ2v) is 5.49. The summed E-state index contributed by atoms with van der Waals surface area (Å²) in [6.45, 7) is 8.59. The van der Waals surface area contributed by atoms with Gasteiger partial charge in [0.2, 0.25) is 0 Å². The minimum atomic E-state index is -0.277. The highest BCUT2D eigenvalue weighted by molar-refractivity contribution is 7.12. The van der Waals surface area contributed by atoms with Crippen molar-refractivity contribution in [2.75, 3.05) is 0 Å². The summed E-state index contributed by atoms with van der Waals surface area (Å²) in [5, 5.41) is 9.62. The molecule has 0 unspecified atom stereocenters.